The Morgan fingerprint density at radius 3 is 2.45 bits per heavy atom. The van der Waals surface area contributed by atoms with Crippen molar-refractivity contribution in [1.82, 2.24) is 15.5 Å². The molecule has 0 bridgehead atoms. The number of amides is 1. The first kappa shape index (κ1) is 15.8. The zero-order valence-electron chi connectivity index (χ0n) is 13.3. The van der Waals surface area contributed by atoms with Gasteiger partial charge < -0.3 is 10.6 Å². The van der Waals surface area contributed by atoms with Crippen LogP contribution >= 0.6 is 0 Å². The number of nitrogens with one attached hydrogen (secondary N) is 2. The second kappa shape index (κ2) is 7.41. The number of hydrogen-bond acceptors (Lipinski definition) is 3. The lowest BCUT2D eigenvalue weighted by atomic mass is 10.0. The molecule has 0 aromatic rings. The molecule has 0 aliphatic carbocycles. The average Bonchev–Trinajstić information content (AvgIpc) is 2.88. The molecule has 4 nitrogen and oxygen atoms in total. The third kappa shape index (κ3) is 4.74. The van der Waals surface area contributed by atoms with Crippen molar-refractivity contribution in [1.29, 1.82) is 0 Å². The van der Waals surface area contributed by atoms with E-state index in [2.05, 4.69) is 36.3 Å². The van der Waals surface area contributed by atoms with E-state index in [4.69, 9.17) is 0 Å². The Hall–Kier alpha value is -0.610. The summed E-state index contributed by atoms with van der Waals surface area (Å²) in [6.45, 7) is 11.7. The number of nitrogens with zero attached hydrogens (tertiary/aromatic N) is 1. The predicted octanol–water partition coefficient (Wildman–Crippen LogP) is 1.47. The Balaban J connectivity index is 1.60. The number of carbonyl (C=O) groups excluding carboxylic acids is 1. The summed E-state index contributed by atoms with van der Waals surface area (Å²) in [6.07, 6.45) is 3.56. The lowest BCUT2D eigenvalue weighted by Crippen LogP contribution is -2.41. The highest BCUT2D eigenvalue weighted by Gasteiger charge is 2.36. The van der Waals surface area contributed by atoms with Gasteiger partial charge in [-0.1, -0.05) is 26.7 Å². The fraction of sp³-hybridized carbons (Fsp3) is 0.938. The van der Waals surface area contributed by atoms with E-state index in [1.165, 1.54) is 12.8 Å². The molecule has 2 heterocycles. The van der Waals surface area contributed by atoms with Crippen LogP contribution in [0.3, 0.4) is 0 Å². The van der Waals surface area contributed by atoms with E-state index in [1.807, 2.05) is 0 Å². The van der Waals surface area contributed by atoms with Gasteiger partial charge in [-0.15, -0.1) is 0 Å². The van der Waals surface area contributed by atoms with Gasteiger partial charge in [-0.25, -0.2) is 0 Å². The fourth-order valence-electron chi connectivity index (χ4n) is 3.51. The molecule has 2 N–H and O–H groups in total. The van der Waals surface area contributed by atoms with Crippen LogP contribution in [-0.2, 0) is 4.79 Å². The van der Waals surface area contributed by atoms with Crippen LogP contribution in [0.1, 0.15) is 40.0 Å². The van der Waals surface area contributed by atoms with Gasteiger partial charge in [0.15, 0.2) is 0 Å². The summed E-state index contributed by atoms with van der Waals surface area (Å²) in [4.78, 5) is 14.4. The molecular weight excluding hydrogens is 250 g/mol. The number of hydrogen-bond donors (Lipinski definition) is 2. The minimum Gasteiger partial charge on any atom is -0.353 e. The Kier molecular flexibility index (Phi) is 5.85. The normalized spacial score (nSPS) is 27.8. The Labute approximate surface area is 123 Å². The number of likely N-dealkylation sites (tertiary alicyclic amines) is 1. The zero-order valence-corrected chi connectivity index (χ0v) is 13.3. The molecule has 1 amide bonds. The van der Waals surface area contributed by atoms with Gasteiger partial charge in [-0.05, 0) is 44.2 Å². The van der Waals surface area contributed by atoms with Crippen molar-refractivity contribution >= 4 is 5.91 Å². The first-order valence-corrected chi connectivity index (χ1v) is 8.27. The van der Waals surface area contributed by atoms with Crippen LogP contribution in [0.5, 0.6) is 0 Å². The smallest absolute Gasteiger partial charge is 0.234 e. The maximum Gasteiger partial charge on any atom is 0.234 e. The lowest BCUT2D eigenvalue weighted by Gasteiger charge is -2.19. The van der Waals surface area contributed by atoms with Crippen molar-refractivity contribution in [2.45, 2.75) is 46.1 Å². The molecule has 2 rings (SSSR count). The molecule has 0 spiro atoms. The minimum atomic E-state index is 0.204. The van der Waals surface area contributed by atoms with E-state index in [9.17, 15) is 4.79 Å². The van der Waals surface area contributed by atoms with E-state index in [0.29, 0.717) is 12.6 Å². The first-order valence-electron chi connectivity index (χ1n) is 8.27. The minimum absolute atomic E-state index is 0.204. The molecule has 3 atom stereocenters. The van der Waals surface area contributed by atoms with Crippen LogP contribution in [0.4, 0.5) is 0 Å². The van der Waals surface area contributed by atoms with Gasteiger partial charge in [0.05, 0.1) is 6.54 Å². The molecule has 116 valence electrons. The molecule has 2 aliphatic rings. The van der Waals surface area contributed by atoms with Gasteiger partial charge in [0, 0.05) is 19.1 Å². The van der Waals surface area contributed by atoms with Crippen molar-refractivity contribution in [2.24, 2.45) is 17.8 Å². The number of fused-ring (bicyclic) bond motifs is 1. The van der Waals surface area contributed by atoms with Crippen LogP contribution in [-0.4, -0.2) is 49.6 Å². The van der Waals surface area contributed by atoms with Gasteiger partial charge in [-0.3, -0.25) is 9.69 Å². The van der Waals surface area contributed by atoms with Crippen molar-refractivity contribution in [3.05, 3.63) is 0 Å². The van der Waals surface area contributed by atoms with Crippen LogP contribution in [0.2, 0.25) is 0 Å². The van der Waals surface area contributed by atoms with Crippen molar-refractivity contribution < 1.29 is 4.79 Å². The van der Waals surface area contributed by atoms with Crippen LogP contribution in [0.25, 0.3) is 0 Å². The molecule has 2 saturated heterocycles. The molecule has 4 heteroatoms. The molecule has 0 aromatic heterocycles. The van der Waals surface area contributed by atoms with E-state index in [-0.39, 0.29) is 5.91 Å². The van der Waals surface area contributed by atoms with Gasteiger partial charge >= 0.3 is 0 Å². The summed E-state index contributed by atoms with van der Waals surface area (Å²) in [7, 11) is 0. The molecule has 0 radical (unpaired) electrons. The fourth-order valence-corrected chi connectivity index (χ4v) is 3.51. The molecular formula is C16H31N3O. The molecule has 2 fully saturated rings. The lowest BCUT2D eigenvalue weighted by molar-refractivity contribution is -0.122. The van der Waals surface area contributed by atoms with Gasteiger partial charge in [0.25, 0.3) is 0 Å². The molecule has 20 heavy (non-hydrogen) atoms. The molecule has 2 aliphatic heterocycles. The summed E-state index contributed by atoms with van der Waals surface area (Å²) >= 11 is 0. The monoisotopic (exact) mass is 281 g/mol. The maximum atomic E-state index is 12.1. The van der Waals surface area contributed by atoms with Crippen molar-refractivity contribution in [2.75, 3.05) is 32.7 Å². The molecule has 0 saturated carbocycles. The molecule has 0 aromatic carbocycles. The van der Waals surface area contributed by atoms with Gasteiger partial charge in [0.1, 0.15) is 0 Å². The highest BCUT2D eigenvalue weighted by Crippen LogP contribution is 2.25. The van der Waals surface area contributed by atoms with Crippen LogP contribution < -0.4 is 10.6 Å². The Morgan fingerprint density at radius 2 is 1.85 bits per heavy atom. The highest BCUT2D eigenvalue weighted by atomic mass is 16.2. The van der Waals surface area contributed by atoms with Crippen molar-refractivity contribution in [3.8, 4) is 0 Å². The zero-order chi connectivity index (χ0) is 14.5. The standard InChI is InChI=1S/C16H31N3O/c1-12(2)5-4-6-13(3)18-16(20)11-19-9-14-7-17-8-15(14)10-19/h12-15,17H,4-11H2,1-3H3,(H,18,20). The Morgan fingerprint density at radius 1 is 1.20 bits per heavy atom. The third-order valence-electron chi connectivity index (χ3n) is 4.66. The summed E-state index contributed by atoms with van der Waals surface area (Å²) in [5.41, 5.74) is 0. The van der Waals surface area contributed by atoms with E-state index in [1.54, 1.807) is 0 Å². The topological polar surface area (TPSA) is 44.4 Å². The second-order valence-corrected chi connectivity index (χ2v) is 7.17. The maximum absolute atomic E-state index is 12.1. The second-order valence-electron chi connectivity index (χ2n) is 7.17. The summed E-state index contributed by atoms with van der Waals surface area (Å²) in [6, 6.07) is 0.310. The SMILES string of the molecule is CC(C)CCCC(C)NC(=O)CN1CC2CNCC2C1. The largest absolute Gasteiger partial charge is 0.353 e. The van der Waals surface area contributed by atoms with E-state index in [0.717, 1.165) is 50.4 Å². The average molecular weight is 281 g/mol. The number of carbonyl (C=O) groups is 1. The summed E-state index contributed by atoms with van der Waals surface area (Å²) < 4.78 is 0. The van der Waals surface area contributed by atoms with Gasteiger partial charge in [-0.2, -0.15) is 0 Å². The predicted molar refractivity (Wildman–Crippen MR) is 82.6 cm³/mol. The Bertz CT molecular complexity index is 307. The first-order chi connectivity index (χ1) is 9.54. The number of rotatable bonds is 7. The molecule has 3 unspecified atom stereocenters. The highest BCUT2D eigenvalue weighted by molar-refractivity contribution is 5.78. The quantitative estimate of drug-likeness (QED) is 0.743. The van der Waals surface area contributed by atoms with Crippen LogP contribution in [0.15, 0.2) is 0 Å². The van der Waals surface area contributed by atoms with E-state index < -0.39 is 0 Å². The summed E-state index contributed by atoms with van der Waals surface area (Å²) in [5.74, 6) is 2.50. The third-order valence-corrected chi connectivity index (χ3v) is 4.66. The van der Waals surface area contributed by atoms with Gasteiger partial charge in [0.2, 0.25) is 5.91 Å². The summed E-state index contributed by atoms with van der Waals surface area (Å²) in [5, 5.41) is 6.59. The van der Waals surface area contributed by atoms with E-state index >= 15 is 0 Å². The van der Waals surface area contributed by atoms with Crippen LogP contribution in [0, 0.1) is 17.8 Å². The van der Waals surface area contributed by atoms with Crippen molar-refractivity contribution in [3.63, 3.8) is 0 Å².